The number of carbonyl (C=O) groups excluding carboxylic acids is 1. The molecule has 2 aromatic carbocycles. The Morgan fingerprint density at radius 3 is 2.32 bits per heavy atom. The van der Waals surface area contributed by atoms with E-state index in [9.17, 15) is 4.79 Å². The van der Waals surface area contributed by atoms with Crippen molar-refractivity contribution in [2.45, 2.75) is 13.8 Å². The van der Waals surface area contributed by atoms with E-state index < -0.39 is 0 Å². The van der Waals surface area contributed by atoms with Crippen molar-refractivity contribution >= 4 is 11.6 Å². The molecule has 116 valence electrons. The van der Waals surface area contributed by atoms with Gasteiger partial charge in [0.25, 0.3) is 5.91 Å². The van der Waals surface area contributed by atoms with E-state index in [1.54, 1.807) is 24.1 Å². The first kappa shape index (κ1) is 15.9. The fourth-order valence-corrected chi connectivity index (χ4v) is 2.30. The highest BCUT2D eigenvalue weighted by Crippen LogP contribution is 2.26. The average molecular weight is 299 g/mol. The average Bonchev–Trinajstić information content (AvgIpc) is 2.55. The summed E-state index contributed by atoms with van der Waals surface area (Å²) in [6.45, 7) is 4.52. The van der Waals surface area contributed by atoms with Gasteiger partial charge in [0.2, 0.25) is 0 Å². The first-order chi connectivity index (χ1) is 10.7. The predicted octanol–water partition coefficient (Wildman–Crippen LogP) is 3.44. The maximum Gasteiger partial charge on any atom is 0.264 e. The number of hydrogen-bond acceptors (Lipinski definition) is 3. The van der Waals surface area contributed by atoms with Crippen molar-refractivity contribution in [3.05, 3.63) is 54.1 Å². The zero-order chi connectivity index (χ0) is 15.9. The third-order valence-corrected chi connectivity index (χ3v) is 3.44. The van der Waals surface area contributed by atoms with Crippen LogP contribution in [0.25, 0.3) is 0 Å². The van der Waals surface area contributed by atoms with Crippen LogP contribution in [0.1, 0.15) is 12.5 Å². The standard InChI is InChI=1S/C18H21NO3/c1-4-19(15-10-6-5-9-14(15)2)18(20)13-22-17-12-8-7-11-16(17)21-3/h5-12H,4,13H2,1-3H3. The summed E-state index contributed by atoms with van der Waals surface area (Å²) in [5.74, 6) is 1.11. The largest absolute Gasteiger partial charge is 0.493 e. The van der Waals surface area contributed by atoms with Crippen molar-refractivity contribution in [3.63, 3.8) is 0 Å². The van der Waals surface area contributed by atoms with Gasteiger partial charge in [-0.05, 0) is 37.6 Å². The molecular weight excluding hydrogens is 278 g/mol. The second-order valence-electron chi connectivity index (χ2n) is 4.86. The smallest absolute Gasteiger partial charge is 0.264 e. The van der Waals surface area contributed by atoms with Crippen LogP contribution >= 0.6 is 0 Å². The zero-order valence-electron chi connectivity index (χ0n) is 13.2. The number of aryl methyl sites for hydroxylation is 1. The molecule has 0 spiro atoms. The fraction of sp³-hybridized carbons (Fsp3) is 0.278. The molecular formula is C18H21NO3. The predicted molar refractivity (Wildman–Crippen MR) is 87.7 cm³/mol. The zero-order valence-corrected chi connectivity index (χ0v) is 13.2. The number of benzene rings is 2. The normalized spacial score (nSPS) is 10.1. The Bertz CT molecular complexity index is 640. The van der Waals surface area contributed by atoms with Gasteiger partial charge in [-0.3, -0.25) is 4.79 Å². The van der Waals surface area contributed by atoms with E-state index >= 15 is 0 Å². The quantitative estimate of drug-likeness (QED) is 0.820. The minimum Gasteiger partial charge on any atom is -0.493 e. The summed E-state index contributed by atoms with van der Waals surface area (Å²) in [6, 6.07) is 15.1. The summed E-state index contributed by atoms with van der Waals surface area (Å²) >= 11 is 0. The number of carbonyl (C=O) groups is 1. The molecule has 0 radical (unpaired) electrons. The highest BCUT2D eigenvalue weighted by molar-refractivity contribution is 5.95. The maximum absolute atomic E-state index is 12.5. The molecule has 2 aromatic rings. The number of hydrogen-bond donors (Lipinski definition) is 0. The molecule has 0 saturated heterocycles. The number of nitrogens with zero attached hydrogens (tertiary/aromatic N) is 1. The molecule has 22 heavy (non-hydrogen) atoms. The molecule has 0 bridgehead atoms. The number of para-hydroxylation sites is 3. The van der Waals surface area contributed by atoms with Crippen LogP contribution in [0.2, 0.25) is 0 Å². The Hall–Kier alpha value is -2.49. The SMILES string of the molecule is CCN(C(=O)COc1ccccc1OC)c1ccccc1C. The van der Waals surface area contributed by atoms with Gasteiger partial charge in [0.1, 0.15) is 0 Å². The Kier molecular flexibility index (Phi) is 5.42. The molecule has 0 saturated carbocycles. The van der Waals surface area contributed by atoms with Gasteiger partial charge in [-0.2, -0.15) is 0 Å². The lowest BCUT2D eigenvalue weighted by atomic mass is 10.2. The van der Waals surface area contributed by atoms with Crippen molar-refractivity contribution in [2.75, 3.05) is 25.2 Å². The highest BCUT2D eigenvalue weighted by atomic mass is 16.5. The molecule has 0 aliphatic heterocycles. The number of amides is 1. The summed E-state index contributed by atoms with van der Waals surface area (Å²) in [5, 5.41) is 0. The first-order valence-corrected chi connectivity index (χ1v) is 7.29. The summed E-state index contributed by atoms with van der Waals surface area (Å²) in [5.41, 5.74) is 1.98. The van der Waals surface area contributed by atoms with Crippen molar-refractivity contribution < 1.29 is 14.3 Å². The highest BCUT2D eigenvalue weighted by Gasteiger charge is 2.16. The molecule has 4 nitrogen and oxygen atoms in total. The molecule has 0 unspecified atom stereocenters. The summed E-state index contributed by atoms with van der Waals surface area (Å²) in [4.78, 5) is 14.2. The monoisotopic (exact) mass is 299 g/mol. The van der Waals surface area contributed by atoms with E-state index in [2.05, 4.69) is 0 Å². The lowest BCUT2D eigenvalue weighted by Gasteiger charge is -2.23. The number of likely N-dealkylation sites (N-methyl/N-ethyl adjacent to an activating group) is 1. The lowest BCUT2D eigenvalue weighted by Crippen LogP contribution is -2.35. The molecule has 0 heterocycles. The van der Waals surface area contributed by atoms with Crippen molar-refractivity contribution in [2.24, 2.45) is 0 Å². The van der Waals surface area contributed by atoms with E-state index in [-0.39, 0.29) is 12.5 Å². The topological polar surface area (TPSA) is 38.8 Å². The molecule has 0 fully saturated rings. The van der Waals surface area contributed by atoms with Crippen LogP contribution in [-0.2, 0) is 4.79 Å². The van der Waals surface area contributed by atoms with Gasteiger partial charge in [-0.25, -0.2) is 0 Å². The van der Waals surface area contributed by atoms with Crippen molar-refractivity contribution in [3.8, 4) is 11.5 Å². The van der Waals surface area contributed by atoms with Crippen LogP contribution in [0.15, 0.2) is 48.5 Å². The van der Waals surface area contributed by atoms with Crippen LogP contribution in [0.3, 0.4) is 0 Å². The lowest BCUT2D eigenvalue weighted by molar-refractivity contribution is -0.120. The van der Waals surface area contributed by atoms with Crippen LogP contribution < -0.4 is 14.4 Å². The Morgan fingerprint density at radius 2 is 1.68 bits per heavy atom. The van der Waals surface area contributed by atoms with Gasteiger partial charge in [0.15, 0.2) is 18.1 Å². The Morgan fingerprint density at radius 1 is 1.05 bits per heavy atom. The maximum atomic E-state index is 12.5. The first-order valence-electron chi connectivity index (χ1n) is 7.29. The number of methoxy groups -OCH3 is 1. The van der Waals surface area contributed by atoms with Gasteiger partial charge in [0.05, 0.1) is 7.11 Å². The van der Waals surface area contributed by atoms with Crippen LogP contribution in [0.4, 0.5) is 5.69 Å². The van der Waals surface area contributed by atoms with Gasteiger partial charge >= 0.3 is 0 Å². The van der Waals surface area contributed by atoms with E-state index in [1.807, 2.05) is 50.2 Å². The summed E-state index contributed by atoms with van der Waals surface area (Å²) in [7, 11) is 1.58. The third kappa shape index (κ3) is 3.58. The van der Waals surface area contributed by atoms with Crippen molar-refractivity contribution in [1.29, 1.82) is 0 Å². The fourth-order valence-electron chi connectivity index (χ4n) is 2.30. The molecule has 0 aliphatic carbocycles. The minimum absolute atomic E-state index is 0.0253. The molecule has 4 heteroatoms. The van der Waals surface area contributed by atoms with E-state index in [0.717, 1.165) is 11.3 Å². The van der Waals surface area contributed by atoms with Gasteiger partial charge in [-0.1, -0.05) is 30.3 Å². The van der Waals surface area contributed by atoms with Crippen LogP contribution in [0, 0.1) is 6.92 Å². The summed E-state index contributed by atoms with van der Waals surface area (Å²) < 4.78 is 10.8. The second-order valence-corrected chi connectivity index (χ2v) is 4.86. The molecule has 1 amide bonds. The van der Waals surface area contributed by atoms with Crippen LogP contribution in [0.5, 0.6) is 11.5 Å². The van der Waals surface area contributed by atoms with E-state index in [1.165, 1.54) is 0 Å². The van der Waals surface area contributed by atoms with Gasteiger partial charge < -0.3 is 14.4 Å². The van der Waals surface area contributed by atoms with E-state index in [4.69, 9.17) is 9.47 Å². The Balaban J connectivity index is 2.09. The number of anilines is 1. The van der Waals surface area contributed by atoms with Crippen molar-refractivity contribution in [1.82, 2.24) is 0 Å². The molecule has 0 N–H and O–H groups in total. The molecule has 2 rings (SSSR count). The van der Waals surface area contributed by atoms with Crippen LogP contribution in [-0.4, -0.2) is 26.2 Å². The second kappa shape index (κ2) is 7.50. The van der Waals surface area contributed by atoms with Gasteiger partial charge in [0, 0.05) is 12.2 Å². The minimum atomic E-state index is -0.0808. The third-order valence-electron chi connectivity index (χ3n) is 3.44. The number of ether oxygens (including phenoxy) is 2. The molecule has 0 aromatic heterocycles. The molecule has 0 atom stereocenters. The van der Waals surface area contributed by atoms with E-state index in [0.29, 0.717) is 18.0 Å². The van der Waals surface area contributed by atoms with Gasteiger partial charge in [-0.15, -0.1) is 0 Å². The molecule has 0 aliphatic rings. The number of rotatable bonds is 6. The summed E-state index contributed by atoms with van der Waals surface area (Å²) in [6.07, 6.45) is 0. The Labute approximate surface area is 131 Å².